The van der Waals surface area contributed by atoms with Gasteiger partial charge in [-0.05, 0) is 23.6 Å². The molecule has 12 heavy (non-hydrogen) atoms. The van der Waals surface area contributed by atoms with Crippen molar-refractivity contribution in [2.45, 2.75) is 4.90 Å². The molecule has 0 saturated heterocycles. The first-order valence-corrected chi connectivity index (χ1v) is 4.93. The van der Waals surface area contributed by atoms with Crippen LogP contribution in [0.3, 0.4) is 0 Å². The Balaban J connectivity index is 2.41. The molecule has 1 aromatic carbocycles. The maximum atomic E-state index is 4.30. The number of nitrogens with zero attached hydrogens (tertiary/aromatic N) is 1. The Morgan fingerprint density at radius 3 is 3.08 bits per heavy atom. The molecule has 0 unspecified atom stereocenters. The van der Waals surface area contributed by atoms with E-state index in [0.29, 0.717) is 0 Å². The fraction of sp³-hybridized carbons (Fsp3) is 0.111. The van der Waals surface area contributed by atoms with Gasteiger partial charge < -0.3 is 0 Å². The summed E-state index contributed by atoms with van der Waals surface area (Å²) >= 11 is 5.97. The van der Waals surface area contributed by atoms with Crippen molar-refractivity contribution in [3.8, 4) is 0 Å². The van der Waals surface area contributed by atoms with Crippen molar-refractivity contribution in [3.05, 3.63) is 35.9 Å². The summed E-state index contributed by atoms with van der Waals surface area (Å²) in [6.45, 7) is 0.877. The van der Waals surface area contributed by atoms with Crippen LogP contribution in [0.15, 0.2) is 35.2 Å². The Bertz CT molecular complexity index is 309. The fourth-order valence-electron chi connectivity index (χ4n) is 1.12. The molecule has 0 spiro atoms. The van der Waals surface area contributed by atoms with E-state index in [0.717, 1.165) is 6.54 Å². The van der Waals surface area contributed by atoms with Crippen LogP contribution < -0.4 is 0 Å². The second-order valence-electron chi connectivity index (χ2n) is 2.57. The van der Waals surface area contributed by atoms with Gasteiger partial charge >= 0.3 is 0 Å². The van der Waals surface area contributed by atoms with E-state index >= 15 is 0 Å². The SMILES string of the molecule is SN1CC=Cc2ccccc2S1. The van der Waals surface area contributed by atoms with E-state index in [1.165, 1.54) is 10.5 Å². The monoisotopic (exact) mass is 195 g/mol. The molecular formula is C9H9NS2. The Morgan fingerprint density at radius 2 is 2.17 bits per heavy atom. The lowest BCUT2D eigenvalue weighted by Crippen LogP contribution is -1.98. The lowest BCUT2D eigenvalue weighted by molar-refractivity contribution is 0.858. The Hall–Kier alpha value is -0.380. The second-order valence-corrected chi connectivity index (χ2v) is 4.38. The number of hydrogen-bond donors (Lipinski definition) is 1. The molecule has 0 fully saturated rings. The summed E-state index contributed by atoms with van der Waals surface area (Å²) in [6, 6.07) is 8.33. The zero-order valence-corrected chi connectivity index (χ0v) is 8.18. The van der Waals surface area contributed by atoms with Crippen molar-refractivity contribution in [1.82, 2.24) is 3.71 Å². The first-order chi connectivity index (χ1) is 5.86. The van der Waals surface area contributed by atoms with Gasteiger partial charge in [-0.3, -0.25) is 0 Å². The van der Waals surface area contributed by atoms with Crippen molar-refractivity contribution in [2.75, 3.05) is 6.54 Å². The summed E-state index contributed by atoms with van der Waals surface area (Å²) in [5, 5.41) is 0. The summed E-state index contributed by atoms with van der Waals surface area (Å²) < 4.78 is 1.92. The van der Waals surface area contributed by atoms with E-state index in [1.54, 1.807) is 11.9 Å². The lowest BCUT2D eigenvalue weighted by Gasteiger charge is -2.09. The molecule has 2 rings (SSSR count). The number of fused-ring (bicyclic) bond motifs is 1. The third-order valence-electron chi connectivity index (χ3n) is 1.68. The molecule has 1 nitrogen and oxygen atoms in total. The van der Waals surface area contributed by atoms with Gasteiger partial charge in [0.1, 0.15) is 0 Å². The van der Waals surface area contributed by atoms with Gasteiger partial charge in [-0.25, -0.2) is 0 Å². The Labute approximate surface area is 82.1 Å². The van der Waals surface area contributed by atoms with Crippen molar-refractivity contribution >= 4 is 30.8 Å². The molecule has 0 N–H and O–H groups in total. The van der Waals surface area contributed by atoms with Crippen LogP contribution in [0.25, 0.3) is 6.08 Å². The highest BCUT2D eigenvalue weighted by Gasteiger charge is 2.06. The molecule has 0 atom stereocenters. The molecule has 1 aliphatic rings. The average Bonchev–Trinajstić information content (AvgIpc) is 2.25. The molecule has 1 aliphatic heterocycles. The molecule has 3 heteroatoms. The van der Waals surface area contributed by atoms with E-state index < -0.39 is 0 Å². The first-order valence-electron chi connectivity index (χ1n) is 3.76. The van der Waals surface area contributed by atoms with Gasteiger partial charge in [-0.2, -0.15) is 3.71 Å². The Kier molecular flexibility index (Phi) is 2.44. The highest BCUT2D eigenvalue weighted by molar-refractivity contribution is 8.05. The van der Waals surface area contributed by atoms with Gasteiger partial charge in [0.25, 0.3) is 0 Å². The van der Waals surface area contributed by atoms with E-state index in [1.807, 2.05) is 9.78 Å². The molecule has 0 saturated carbocycles. The number of rotatable bonds is 0. The van der Waals surface area contributed by atoms with Gasteiger partial charge in [0.05, 0.1) is 0 Å². The predicted octanol–water partition coefficient (Wildman–Crippen LogP) is 2.87. The molecule has 1 aromatic rings. The summed E-state index contributed by atoms with van der Waals surface area (Å²) in [5.41, 5.74) is 1.28. The van der Waals surface area contributed by atoms with Crippen LogP contribution in [0.2, 0.25) is 0 Å². The average molecular weight is 195 g/mol. The summed E-state index contributed by atoms with van der Waals surface area (Å²) in [4.78, 5) is 1.27. The van der Waals surface area contributed by atoms with Crippen LogP contribution in [0.5, 0.6) is 0 Å². The molecule has 0 aromatic heterocycles. The van der Waals surface area contributed by atoms with Crippen molar-refractivity contribution in [2.24, 2.45) is 0 Å². The van der Waals surface area contributed by atoms with E-state index in [2.05, 4.69) is 43.2 Å². The highest BCUT2D eigenvalue weighted by Crippen LogP contribution is 2.30. The molecule has 1 heterocycles. The van der Waals surface area contributed by atoms with Crippen LogP contribution in [0.4, 0.5) is 0 Å². The topological polar surface area (TPSA) is 3.24 Å². The van der Waals surface area contributed by atoms with Crippen molar-refractivity contribution in [1.29, 1.82) is 0 Å². The van der Waals surface area contributed by atoms with Crippen LogP contribution in [0.1, 0.15) is 5.56 Å². The van der Waals surface area contributed by atoms with Crippen LogP contribution in [-0.4, -0.2) is 10.3 Å². The maximum Gasteiger partial charge on any atom is 0.0387 e. The number of thiol groups is 1. The van der Waals surface area contributed by atoms with E-state index in [4.69, 9.17) is 0 Å². The third-order valence-corrected chi connectivity index (χ3v) is 3.02. The largest absolute Gasteiger partial charge is 0.189 e. The standard InChI is InChI=1S/C9H9NS2/c11-10-7-3-5-8-4-1-2-6-9(8)12-10/h1-6,11H,7H2. The minimum atomic E-state index is 0.877. The van der Waals surface area contributed by atoms with E-state index in [-0.39, 0.29) is 0 Å². The summed E-state index contributed by atoms with van der Waals surface area (Å²) in [6.07, 6.45) is 4.25. The van der Waals surface area contributed by atoms with Gasteiger partial charge in [0.15, 0.2) is 0 Å². The van der Waals surface area contributed by atoms with Gasteiger partial charge in [-0.15, -0.1) is 0 Å². The smallest absolute Gasteiger partial charge is 0.0387 e. The van der Waals surface area contributed by atoms with Crippen LogP contribution in [0, 0.1) is 0 Å². The summed E-state index contributed by atoms with van der Waals surface area (Å²) in [7, 11) is 0. The maximum absolute atomic E-state index is 4.30. The zero-order valence-electron chi connectivity index (χ0n) is 6.47. The van der Waals surface area contributed by atoms with Crippen LogP contribution >= 0.6 is 24.8 Å². The highest BCUT2D eigenvalue weighted by atomic mass is 32.2. The first kappa shape index (κ1) is 8.23. The number of benzene rings is 1. The van der Waals surface area contributed by atoms with Gasteiger partial charge in [-0.1, -0.05) is 43.2 Å². The second kappa shape index (κ2) is 3.56. The molecule has 0 aliphatic carbocycles. The van der Waals surface area contributed by atoms with Gasteiger partial charge in [0, 0.05) is 11.4 Å². The van der Waals surface area contributed by atoms with Gasteiger partial charge in [0.2, 0.25) is 0 Å². The minimum Gasteiger partial charge on any atom is -0.189 e. The quantitative estimate of drug-likeness (QED) is 0.501. The summed E-state index contributed by atoms with van der Waals surface area (Å²) in [5.74, 6) is 0. The lowest BCUT2D eigenvalue weighted by atomic mass is 10.2. The van der Waals surface area contributed by atoms with Crippen molar-refractivity contribution < 1.29 is 0 Å². The predicted molar refractivity (Wildman–Crippen MR) is 57.0 cm³/mol. The van der Waals surface area contributed by atoms with Crippen LogP contribution in [-0.2, 0) is 0 Å². The third kappa shape index (κ3) is 1.68. The normalized spacial score (nSPS) is 17.1. The molecule has 0 radical (unpaired) electrons. The molecular weight excluding hydrogens is 186 g/mol. The number of hydrogen-bond acceptors (Lipinski definition) is 3. The zero-order chi connectivity index (χ0) is 8.39. The van der Waals surface area contributed by atoms with Crippen molar-refractivity contribution in [3.63, 3.8) is 0 Å². The molecule has 62 valence electrons. The minimum absolute atomic E-state index is 0.877. The fourth-order valence-corrected chi connectivity index (χ4v) is 2.25. The van der Waals surface area contributed by atoms with E-state index in [9.17, 15) is 0 Å². The molecule has 0 amide bonds. The Morgan fingerprint density at radius 1 is 1.33 bits per heavy atom. The molecule has 0 bridgehead atoms.